The summed E-state index contributed by atoms with van der Waals surface area (Å²) in [6, 6.07) is 3.91. The number of esters is 2. The first-order chi connectivity index (χ1) is 12.6. The number of allylic oxidation sites excluding steroid dienone is 4. The molecule has 0 atom stereocenters. The van der Waals surface area contributed by atoms with E-state index in [0.717, 1.165) is 22.3 Å². The van der Waals surface area contributed by atoms with Crippen LogP contribution in [0.3, 0.4) is 0 Å². The zero-order valence-corrected chi connectivity index (χ0v) is 15.2. The third kappa shape index (κ3) is 3.07. The fourth-order valence-corrected chi connectivity index (χ4v) is 3.80. The van der Waals surface area contributed by atoms with Gasteiger partial charge in [0.2, 0.25) is 0 Å². The number of aliphatic hydroxyl groups excluding tert-OH is 1. The quantitative estimate of drug-likeness (QED) is 0.626. The lowest BCUT2D eigenvalue weighted by atomic mass is 9.84. The minimum Gasteiger partial charge on any atom is -0.465 e. The first-order valence-corrected chi connectivity index (χ1v) is 9.00. The molecule has 1 aromatic carbocycles. The summed E-state index contributed by atoms with van der Waals surface area (Å²) in [6.45, 7) is 3.77. The number of hydrogen-bond donors (Lipinski definition) is 1. The summed E-state index contributed by atoms with van der Waals surface area (Å²) < 4.78 is 10.4. The van der Waals surface area contributed by atoms with E-state index in [9.17, 15) is 14.7 Å². The highest BCUT2D eigenvalue weighted by Crippen LogP contribution is 2.42. The molecule has 5 heteroatoms. The Morgan fingerprint density at radius 2 is 1.58 bits per heavy atom. The molecule has 138 valence electrons. The van der Waals surface area contributed by atoms with Crippen molar-refractivity contribution in [2.45, 2.75) is 39.2 Å². The highest BCUT2D eigenvalue weighted by Gasteiger charge is 2.53. The number of carbonyl (C=O) groups excluding carboxylic acids is 2. The predicted octanol–water partition coefficient (Wildman–Crippen LogP) is 2.60. The van der Waals surface area contributed by atoms with Crippen LogP contribution in [0.4, 0.5) is 0 Å². The van der Waals surface area contributed by atoms with Gasteiger partial charge in [0.25, 0.3) is 0 Å². The Hall–Kier alpha value is -2.40. The first-order valence-electron chi connectivity index (χ1n) is 9.00. The van der Waals surface area contributed by atoms with Crippen molar-refractivity contribution in [3.8, 4) is 0 Å². The molecule has 0 aromatic heterocycles. The molecule has 1 aromatic rings. The summed E-state index contributed by atoms with van der Waals surface area (Å²) in [6.07, 6.45) is 8.56. The van der Waals surface area contributed by atoms with Gasteiger partial charge in [0.15, 0.2) is 5.41 Å². The largest absolute Gasteiger partial charge is 0.465 e. The molecule has 2 aliphatic carbocycles. The van der Waals surface area contributed by atoms with Gasteiger partial charge in [-0.1, -0.05) is 36.4 Å². The van der Waals surface area contributed by atoms with Crippen LogP contribution in [0.1, 0.15) is 42.0 Å². The summed E-state index contributed by atoms with van der Waals surface area (Å²) in [5.74, 6) is -0.979. The fraction of sp³-hybridized carbons (Fsp3) is 0.429. The summed E-state index contributed by atoms with van der Waals surface area (Å²) in [5.41, 5.74) is 2.31. The third-order valence-electron chi connectivity index (χ3n) is 5.06. The van der Waals surface area contributed by atoms with Crippen LogP contribution in [0, 0.1) is 5.41 Å². The summed E-state index contributed by atoms with van der Waals surface area (Å²) >= 11 is 0. The molecule has 0 amide bonds. The normalized spacial score (nSPS) is 17.3. The van der Waals surface area contributed by atoms with Gasteiger partial charge in [0.1, 0.15) is 0 Å². The lowest BCUT2D eigenvalue weighted by Gasteiger charge is -2.23. The van der Waals surface area contributed by atoms with Crippen molar-refractivity contribution in [1.82, 2.24) is 0 Å². The van der Waals surface area contributed by atoms with Crippen LogP contribution in [0.15, 0.2) is 36.4 Å². The Morgan fingerprint density at radius 1 is 1.04 bits per heavy atom. The topological polar surface area (TPSA) is 72.8 Å². The van der Waals surface area contributed by atoms with Crippen molar-refractivity contribution in [1.29, 1.82) is 0 Å². The molecule has 0 saturated carbocycles. The number of aliphatic hydroxyl groups is 1. The van der Waals surface area contributed by atoms with E-state index >= 15 is 0 Å². The van der Waals surface area contributed by atoms with E-state index in [-0.39, 0.29) is 38.6 Å². The molecular formula is C21H24O5. The second kappa shape index (κ2) is 7.46. The number of hydrogen-bond acceptors (Lipinski definition) is 5. The number of carbonyl (C=O) groups is 2. The molecule has 2 aliphatic rings. The molecule has 0 heterocycles. The second-order valence-corrected chi connectivity index (χ2v) is 6.65. The summed E-state index contributed by atoms with van der Waals surface area (Å²) in [5, 5.41) is 9.80. The molecule has 0 fully saturated rings. The van der Waals surface area contributed by atoms with Gasteiger partial charge < -0.3 is 14.6 Å². The molecule has 0 saturated heterocycles. The lowest BCUT2D eigenvalue weighted by molar-refractivity contribution is -0.171. The lowest BCUT2D eigenvalue weighted by Crippen LogP contribution is -2.43. The smallest absolute Gasteiger partial charge is 0.324 e. The van der Waals surface area contributed by atoms with Gasteiger partial charge in [-0.05, 0) is 48.9 Å². The van der Waals surface area contributed by atoms with Gasteiger partial charge in [-0.25, -0.2) is 0 Å². The van der Waals surface area contributed by atoms with Crippen LogP contribution in [0.25, 0.3) is 0 Å². The standard InChI is InChI=1S/C21H24O5/c1-3-25-19(23)21(20(24)26-4-2)11-15-9-17(13-22)18(10-16(15)12-21)14-7-5-6-8-14/h5-10,14,22H,3-4,11-13H2,1-2H3. The molecular weight excluding hydrogens is 332 g/mol. The Bertz CT molecular complexity index is 745. The SMILES string of the molecule is CCOC(=O)C1(C(=O)OCC)Cc2cc(CO)c(C3C=CC=C3)cc2C1. The van der Waals surface area contributed by atoms with Crippen molar-refractivity contribution in [3.63, 3.8) is 0 Å². The van der Waals surface area contributed by atoms with E-state index in [1.165, 1.54) is 0 Å². The predicted molar refractivity (Wildman–Crippen MR) is 96.5 cm³/mol. The molecule has 0 aliphatic heterocycles. The average molecular weight is 356 g/mol. The molecule has 5 nitrogen and oxygen atoms in total. The Morgan fingerprint density at radius 3 is 2.08 bits per heavy atom. The maximum atomic E-state index is 12.7. The zero-order valence-electron chi connectivity index (χ0n) is 15.2. The van der Waals surface area contributed by atoms with Gasteiger partial charge in [-0.2, -0.15) is 0 Å². The summed E-state index contributed by atoms with van der Waals surface area (Å²) in [7, 11) is 0. The molecule has 0 unspecified atom stereocenters. The van der Waals surface area contributed by atoms with Crippen molar-refractivity contribution in [2.75, 3.05) is 13.2 Å². The highest BCUT2D eigenvalue weighted by atomic mass is 16.6. The fourth-order valence-electron chi connectivity index (χ4n) is 3.80. The van der Waals surface area contributed by atoms with E-state index in [1.54, 1.807) is 13.8 Å². The van der Waals surface area contributed by atoms with E-state index in [2.05, 4.69) is 12.2 Å². The minimum atomic E-state index is -1.33. The van der Waals surface area contributed by atoms with Crippen LogP contribution >= 0.6 is 0 Å². The van der Waals surface area contributed by atoms with Crippen LogP contribution in [-0.4, -0.2) is 30.3 Å². The van der Waals surface area contributed by atoms with Crippen LogP contribution in [-0.2, 0) is 38.5 Å². The summed E-state index contributed by atoms with van der Waals surface area (Å²) in [4.78, 5) is 25.3. The second-order valence-electron chi connectivity index (χ2n) is 6.65. The Labute approximate surface area is 153 Å². The molecule has 0 spiro atoms. The highest BCUT2D eigenvalue weighted by molar-refractivity contribution is 6.01. The molecule has 0 bridgehead atoms. The van der Waals surface area contributed by atoms with E-state index in [4.69, 9.17) is 9.47 Å². The third-order valence-corrected chi connectivity index (χ3v) is 5.06. The average Bonchev–Trinajstić information content (AvgIpc) is 3.28. The van der Waals surface area contributed by atoms with Crippen LogP contribution in [0.5, 0.6) is 0 Å². The number of ether oxygens (including phenoxy) is 2. The van der Waals surface area contributed by atoms with Crippen molar-refractivity contribution < 1.29 is 24.2 Å². The Balaban J connectivity index is 2.01. The maximum Gasteiger partial charge on any atom is 0.324 e. The monoisotopic (exact) mass is 356 g/mol. The van der Waals surface area contributed by atoms with Crippen molar-refractivity contribution in [2.24, 2.45) is 5.41 Å². The maximum absolute atomic E-state index is 12.7. The number of benzene rings is 1. The first kappa shape index (κ1) is 18.4. The van der Waals surface area contributed by atoms with Gasteiger partial charge in [0, 0.05) is 5.92 Å². The molecule has 3 rings (SSSR count). The van der Waals surface area contributed by atoms with Gasteiger partial charge in [-0.3, -0.25) is 9.59 Å². The van der Waals surface area contributed by atoms with Gasteiger partial charge >= 0.3 is 11.9 Å². The van der Waals surface area contributed by atoms with E-state index in [1.807, 2.05) is 24.3 Å². The van der Waals surface area contributed by atoms with Crippen molar-refractivity contribution >= 4 is 11.9 Å². The molecule has 0 radical (unpaired) electrons. The van der Waals surface area contributed by atoms with Crippen LogP contribution < -0.4 is 0 Å². The van der Waals surface area contributed by atoms with Crippen molar-refractivity contribution in [3.05, 3.63) is 58.7 Å². The zero-order chi connectivity index (χ0) is 18.7. The van der Waals surface area contributed by atoms with Gasteiger partial charge in [-0.15, -0.1) is 0 Å². The number of rotatable bonds is 6. The van der Waals surface area contributed by atoms with Crippen LogP contribution in [0.2, 0.25) is 0 Å². The van der Waals surface area contributed by atoms with Gasteiger partial charge in [0.05, 0.1) is 19.8 Å². The molecule has 26 heavy (non-hydrogen) atoms. The Kier molecular flexibility index (Phi) is 5.28. The minimum absolute atomic E-state index is 0.0907. The van der Waals surface area contributed by atoms with E-state index < -0.39 is 17.4 Å². The number of fused-ring (bicyclic) bond motifs is 1. The van der Waals surface area contributed by atoms with E-state index in [0.29, 0.717) is 0 Å². The molecule has 1 N–H and O–H groups in total.